The molecule has 0 radical (unpaired) electrons. The molecule has 1 aromatic rings. The first kappa shape index (κ1) is 9.85. The Balaban J connectivity index is 1.82. The molecule has 0 bridgehead atoms. The van der Waals surface area contributed by atoms with Crippen molar-refractivity contribution in [1.82, 2.24) is 5.32 Å². The fourth-order valence-corrected chi connectivity index (χ4v) is 2.65. The number of hydrogen-bond acceptors (Lipinski definition) is 3. The van der Waals surface area contributed by atoms with Crippen molar-refractivity contribution in [3.8, 4) is 0 Å². The third-order valence-corrected chi connectivity index (χ3v) is 3.62. The molecule has 1 saturated heterocycles. The van der Waals surface area contributed by atoms with E-state index in [4.69, 9.17) is 10.7 Å². The Kier molecular flexibility index (Phi) is 2.21. The summed E-state index contributed by atoms with van der Waals surface area (Å²) in [4.78, 5) is 4.84. The average molecular weight is 215 g/mol. The lowest BCUT2D eigenvalue weighted by Gasteiger charge is -2.42. The molecule has 2 aliphatic heterocycles. The van der Waals surface area contributed by atoms with E-state index in [0.29, 0.717) is 0 Å². The summed E-state index contributed by atoms with van der Waals surface area (Å²) in [5.41, 5.74) is 9.29. The zero-order valence-electron chi connectivity index (χ0n) is 9.37. The van der Waals surface area contributed by atoms with Crippen molar-refractivity contribution in [3.63, 3.8) is 0 Å². The van der Waals surface area contributed by atoms with Gasteiger partial charge in [0.15, 0.2) is 0 Å². The van der Waals surface area contributed by atoms with Crippen LogP contribution in [0.3, 0.4) is 0 Å². The van der Waals surface area contributed by atoms with Crippen LogP contribution in [0.4, 0.5) is 5.69 Å². The molecule has 0 unspecified atom stereocenters. The summed E-state index contributed by atoms with van der Waals surface area (Å²) in [5.74, 6) is 0. The number of aliphatic imine (C=N–C) groups is 1. The smallest absolute Gasteiger partial charge is 0.0691 e. The van der Waals surface area contributed by atoms with Crippen molar-refractivity contribution < 1.29 is 0 Å². The van der Waals surface area contributed by atoms with E-state index in [0.717, 1.165) is 25.2 Å². The number of nitrogens with zero attached hydrogens (tertiary/aromatic N) is 1. The molecule has 0 atom stereocenters. The number of rotatable bonds is 1. The van der Waals surface area contributed by atoms with Crippen LogP contribution in [-0.2, 0) is 0 Å². The number of nitrogens with two attached hydrogens (primary N) is 1. The zero-order chi connectivity index (χ0) is 11.0. The van der Waals surface area contributed by atoms with E-state index in [1.807, 2.05) is 18.2 Å². The van der Waals surface area contributed by atoms with Gasteiger partial charge in [0.25, 0.3) is 0 Å². The van der Waals surface area contributed by atoms with Gasteiger partial charge in [-0.05, 0) is 43.6 Å². The van der Waals surface area contributed by atoms with Crippen LogP contribution in [0.1, 0.15) is 24.8 Å². The maximum Gasteiger partial charge on any atom is 0.0691 e. The summed E-state index contributed by atoms with van der Waals surface area (Å²) in [7, 11) is 0. The largest absolute Gasteiger partial charge is 0.399 e. The van der Waals surface area contributed by atoms with Crippen LogP contribution < -0.4 is 11.1 Å². The van der Waals surface area contributed by atoms with Crippen LogP contribution in [0.5, 0.6) is 0 Å². The highest BCUT2D eigenvalue weighted by Crippen LogP contribution is 2.37. The minimum Gasteiger partial charge on any atom is -0.399 e. The first-order valence-electron chi connectivity index (χ1n) is 5.93. The lowest BCUT2D eigenvalue weighted by Crippen LogP contribution is -2.48. The molecule has 2 heterocycles. The van der Waals surface area contributed by atoms with Gasteiger partial charge in [-0.3, -0.25) is 4.99 Å². The summed E-state index contributed by atoms with van der Waals surface area (Å²) in [6.07, 6.45) is 3.48. The van der Waals surface area contributed by atoms with Gasteiger partial charge >= 0.3 is 0 Å². The highest BCUT2D eigenvalue weighted by molar-refractivity contribution is 6.05. The van der Waals surface area contributed by atoms with E-state index in [9.17, 15) is 0 Å². The lowest BCUT2D eigenvalue weighted by molar-refractivity contribution is 0.298. The molecule has 0 aliphatic carbocycles. The predicted molar refractivity (Wildman–Crippen MR) is 66.8 cm³/mol. The van der Waals surface area contributed by atoms with Crippen molar-refractivity contribution in [2.45, 2.75) is 24.8 Å². The molecule has 0 amide bonds. The van der Waals surface area contributed by atoms with Gasteiger partial charge in [0.1, 0.15) is 0 Å². The van der Waals surface area contributed by atoms with Crippen molar-refractivity contribution >= 4 is 11.4 Å². The van der Waals surface area contributed by atoms with Gasteiger partial charge in [0, 0.05) is 17.8 Å². The topological polar surface area (TPSA) is 50.4 Å². The Hall–Kier alpha value is -1.35. The molecule has 3 nitrogen and oxygen atoms in total. The first-order chi connectivity index (χ1) is 7.77. The average Bonchev–Trinajstić information content (AvgIpc) is 2.27. The van der Waals surface area contributed by atoms with E-state index >= 15 is 0 Å². The highest BCUT2D eigenvalue weighted by atomic mass is 15.0. The molecule has 0 saturated carbocycles. The Morgan fingerprint density at radius 1 is 1.25 bits per heavy atom. The second-order valence-electron chi connectivity index (χ2n) is 4.84. The Morgan fingerprint density at radius 2 is 2.00 bits per heavy atom. The van der Waals surface area contributed by atoms with E-state index in [1.54, 1.807) is 0 Å². The second kappa shape index (κ2) is 3.59. The van der Waals surface area contributed by atoms with Crippen LogP contribution in [0.2, 0.25) is 0 Å². The molecular formula is C13H17N3. The molecule has 16 heavy (non-hydrogen) atoms. The molecule has 3 heteroatoms. The van der Waals surface area contributed by atoms with Gasteiger partial charge in [-0.25, -0.2) is 0 Å². The van der Waals surface area contributed by atoms with Crippen molar-refractivity contribution in [3.05, 3.63) is 29.8 Å². The van der Waals surface area contributed by atoms with Crippen LogP contribution >= 0.6 is 0 Å². The summed E-state index contributed by atoms with van der Waals surface area (Å²) in [6, 6.07) is 8.04. The normalized spacial score (nSPS) is 22.6. The number of benzene rings is 1. The highest BCUT2D eigenvalue weighted by Gasteiger charge is 2.39. The molecule has 3 rings (SSSR count). The van der Waals surface area contributed by atoms with Crippen LogP contribution in [-0.4, -0.2) is 24.3 Å². The molecule has 1 fully saturated rings. The van der Waals surface area contributed by atoms with Crippen LogP contribution in [0, 0.1) is 0 Å². The minimum atomic E-state index is 0.255. The second-order valence-corrected chi connectivity index (χ2v) is 4.84. The molecule has 0 aromatic heterocycles. The quantitative estimate of drug-likeness (QED) is 0.699. The van der Waals surface area contributed by atoms with Gasteiger partial charge in [0.2, 0.25) is 0 Å². The fraction of sp³-hybridized carbons (Fsp3) is 0.462. The van der Waals surface area contributed by atoms with E-state index in [-0.39, 0.29) is 5.54 Å². The standard InChI is InChI=1S/C13H17N3/c14-11-3-1-2-10(8-11)12-9-13(16-12)4-6-15-7-5-13/h1-3,8,15H,4-7,9,14H2. The Morgan fingerprint density at radius 3 is 2.69 bits per heavy atom. The number of piperidine rings is 1. The van der Waals surface area contributed by atoms with Gasteiger partial charge < -0.3 is 11.1 Å². The van der Waals surface area contributed by atoms with Crippen molar-refractivity contribution in [2.75, 3.05) is 18.8 Å². The summed E-state index contributed by atoms with van der Waals surface area (Å²) >= 11 is 0. The predicted octanol–water partition coefficient (Wildman–Crippen LogP) is 1.58. The SMILES string of the molecule is Nc1cccc(C2=NC3(CCNCC3)C2)c1. The van der Waals surface area contributed by atoms with Crippen molar-refractivity contribution in [2.24, 2.45) is 4.99 Å². The third kappa shape index (κ3) is 1.61. The maximum absolute atomic E-state index is 5.78. The van der Waals surface area contributed by atoms with Gasteiger partial charge in [-0.15, -0.1) is 0 Å². The molecule has 84 valence electrons. The monoisotopic (exact) mass is 215 g/mol. The maximum atomic E-state index is 5.78. The van der Waals surface area contributed by atoms with Crippen molar-refractivity contribution in [1.29, 1.82) is 0 Å². The van der Waals surface area contributed by atoms with Gasteiger partial charge in [-0.1, -0.05) is 12.1 Å². The Labute approximate surface area is 95.8 Å². The van der Waals surface area contributed by atoms with Crippen LogP contribution in [0.25, 0.3) is 0 Å². The summed E-state index contributed by atoms with van der Waals surface area (Å²) in [6.45, 7) is 2.21. The molecule has 2 aliphatic rings. The number of hydrogen-bond donors (Lipinski definition) is 2. The van der Waals surface area contributed by atoms with E-state index in [2.05, 4.69) is 11.4 Å². The molecule has 1 aromatic carbocycles. The minimum absolute atomic E-state index is 0.255. The van der Waals surface area contributed by atoms with Crippen LogP contribution in [0.15, 0.2) is 29.3 Å². The third-order valence-electron chi connectivity index (χ3n) is 3.62. The fourth-order valence-electron chi connectivity index (χ4n) is 2.65. The lowest BCUT2D eigenvalue weighted by atomic mass is 9.77. The molecular weight excluding hydrogens is 198 g/mol. The first-order valence-corrected chi connectivity index (χ1v) is 5.93. The Bertz CT molecular complexity index is 431. The number of anilines is 1. The van der Waals surface area contributed by atoms with E-state index in [1.165, 1.54) is 24.1 Å². The zero-order valence-corrected chi connectivity index (χ0v) is 9.37. The number of nitrogens with one attached hydrogen (secondary N) is 1. The molecule has 3 N–H and O–H groups in total. The number of nitrogen functional groups attached to an aromatic ring is 1. The summed E-state index contributed by atoms with van der Waals surface area (Å²) in [5, 5.41) is 3.38. The van der Waals surface area contributed by atoms with E-state index < -0.39 is 0 Å². The summed E-state index contributed by atoms with van der Waals surface area (Å²) < 4.78 is 0. The van der Waals surface area contributed by atoms with Gasteiger partial charge in [-0.2, -0.15) is 0 Å². The molecule has 1 spiro atoms. The van der Waals surface area contributed by atoms with Gasteiger partial charge in [0.05, 0.1) is 5.54 Å².